The van der Waals surface area contributed by atoms with Crippen molar-refractivity contribution in [2.75, 3.05) is 6.61 Å². The summed E-state index contributed by atoms with van der Waals surface area (Å²) in [6.07, 6.45) is -0.560. The maximum absolute atomic E-state index is 8.11. The van der Waals surface area contributed by atoms with Crippen LogP contribution in [0.5, 0.6) is 0 Å². The lowest BCUT2D eigenvalue weighted by Gasteiger charge is -2.03. The maximum atomic E-state index is 8.11. The van der Waals surface area contributed by atoms with E-state index in [9.17, 15) is 0 Å². The molecule has 0 aliphatic rings. The molecule has 0 aromatic heterocycles. The molecule has 2 rings (SSSR count). The molecular weight excluding hydrogens is 252 g/mol. The third kappa shape index (κ3) is 7.69. The Kier molecular flexibility index (Phi) is 8.31. The summed E-state index contributed by atoms with van der Waals surface area (Å²) >= 11 is 0. The normalized spacial score (nSPS) is 11.3. The maximum Gasteiger partial charge on any atom is 0.0742 e. The minimum atomic E-state index is -0.560. The molecule has 2 aromatic carbocycles. The molecule has 0 bridgehead atoms. The average molecular weight is 274 g/mol. The van der Waals surface area contributed by atoms with Gasteiger partial charge < -0.3 is 14.9 Å². The monoisotopic (exact) mass is 274 g/mol. The van der Waals surface area contributed by atoms with Crippen molar-refractivity contribution >= 4 is 0 Å². The lowest BCUT2D eigenvalue weighted by atomic mass is 10.2. The van der Waals surface area contributed by atoms with Crippen LogP contribution in [0.2, 0.25) is 0 Å². The molecule has 108 valence electrons. The second-order valence-electron chi connectivity index (χ2n) is 4.50. The first kappa shape index (κ1) is 16.4. The van der Waals surface area contributed by atoms with Gasteiger partial charge in [-0.3, -0.25) is 0 Å². The highest BCUT2D eigenvalue weighted by Crippen LogP contribution is 2.05. The quantitative estimate of drug-likeness (QED) is 0.881. The van der Waals surface area contributed by atoms with Crippen molar-refractivity contribution in [2.45, 2.75) is 26.2 Å². The van der Waals surface area contributed by atoms with Crippen LogP contribution in [0, 0.1) is 0 Å². The van der Waals surface area contributed by atoms with E-state index in [4.69, 9.17) is 14.9 Å². The van der Waals surface area contributed by atoms with Gasteiger partial charge in [-0.1, -0.05) is 60.7 Å². The van der Waals surface area contributed by atoms with Gasteiger partial charge in [0.05, 0.1) is 25.9 Å². The predicted molar refractivity (Wildman–Crippen MR) is 80.1 cm³/mol. The lowest BCUT2D eigenvalue weighted by Crippen LogP contribution is -2.03. The van der Waals surface area contributed by atoms with E-state index in [1.807, 2.05) is 36.4 Å². The minimum absolute atomic E-state index is 0.139. The van der Waals surface area contributed by atoms with Gasteiger partial charge in [-0.25, -0.2) is 0 Å². The molecule has 0 spiro atoms. The topological polar surface area (TPSA) is 49.7 Å². The molecular formula is C17H22O3. The second-order valence-corrected chi connectivity index (χ2v) is 4.50. The van der Waals surface area contributed by atoms with Gasteiger partial charge in [-0.05, 0) is 18.1 Å². The lowest BCUT2D eigenvalue weighted by molar-refractivity contribution is 0.107. The summed E-state index contributed by atoms with van der Waals surface area (Å²) in [6.45, 7) is 2.74. The highest BCUT2D eigenvalue weighted by Gasteiger charge is 1.93. The first-order chi connectivity index (χ1) is 9.72. The largest absolute Gasteiger partial charge is 0.394 e. The average Bonchev–Trinajstić information content (AvgIpc) is 2.50. The molecule has 0 saturated heterocycles. The summed E-state index contributed by atoms with van der Waals surface area (Å²) in [5.74, 6) is 0. The molecule has 0 radical (unpaired) electrons. The zero-order chi connectivity index (χ0) is 14.6. The van der Waals surface area contributed by atoms with Crippen molar-refractivity contribution in [3.05, 3.63) is 71.8 Å². The van der Waals surface area contributed by atoms with Crippen molar-refractivity contribution in [1.29, 1.82) is 0 Å². The summed E-state index contributed by atoms with van der Waals surface area (Å²) < 4.78 is 5.61. The van der Waals surface area contributed by atoms with Gasteiger partial charge >= 0.3 is 0 Å². The molecule has 0 aliphatic heterocycles. The van der Waals surface area contributed by atoms with E-state index in [1.54, 1.807) is 0 Å². The van der Waals surface area contributed by atoms with Gasteiger partial charge in [-0.15, -0.1) is 0 Å². The molecule has 2 aromatic rings. The third-order valence-corrected chi connectivity index (χ3v) is 2.49. The van der Waals surface area contributed by atoms with E-state index in [0.717, 1.165) is 0 Å². The number of hydrogen-bond donors (Lipinski definition) is 2. The van der Waals surface area contributed by atoms with E-state index in [1.165, 1.54) is 18.1 Å². The number of ether oxygens (including phenoxy) is 1. The second kappa shape index (κ2) is 10.1. The van der Waals surface area contributed by atoms with Crippen LogP contribution >= 0.6 is 0 Å². The number of benzene rings is 2. The van der Waals surface area contributed by atoms with Crippen molar-refractivity contribution in [2.24, 2.45) is 0 Å². The highest BCUT2D eigenvalue weighted by atomic mass is 16.5. The molecule has 0 amide bonds. The SMILES string of the molecule is CC(O)CO.c1ccc(COCc2ccccc2)cc1. The zero-order valence-electron chi connectivity index (χ0n) is 11.8. The molecule has 0 fully saturated rings. The van der Waals surface area contributed by atoms with Crippen molar-refractivity contribution in [3.8, 4) is 0 Å². The highest BCUT2D eigenvalue weighted by molar-refractivity contribution is 5.15. The fourth-order valence-electron chi connectivity index (χ4n) is 1.44. The first-order valence-corrected chi connectivity index (χ1v) is 6.67. The molecule has 1 unspecified atom stereocenters. The van der Waals surface area contributed by atoms with Gasteiger partial charge in [0.15, 0.2) is 0 Å². The Labute approximate surface area is 120 Å². The van der Waals surface area contributed by atoms with E-state index in [-0.39, 0.29) is 6.61 Å². The molecule has 0 heterocycles. The van der Waals surface area contributed by atoms with Gasteiger partial charge in [0.2, 0.25) is 0 Å². The smallest absolute Gasteiger partial charge is 0.0742 e. The molecule has 20 heavy (non-hydrogen) atoms. The fourth-order valence-corrected chi connectivity index (χ4v) is 1.44. The van der Waals surface area contributed by atoms with Crippen molar-refractivity contribution in [1.82, 2.24) is 0 Å². The Morgan fingerprint density at radius 3 is 1.50 bits per heavy atom. The fraction of sp³-hybridized carbons (Fsp3) is 0.294. The van der Waals surface area contributed by atoms with Crippen LogP contribution in [0.15, 0.2) is 60.7 Å². The Morgan fingerprint density at radius 2 is 1.20 bits per heavy atom. The van der Waals surface area contributed by atoms with Crippen LogP contribution in [0.1, 0.15) is 18.1 Å². The molecule has 0 aliphatic carbocycles. The minimum Gasteiger partial charge on any atom is -0.394 e. The molecule has 3 nitrogen and oxygen atoms in total. The third-order valence-electron chi connectivity index (χ3n) is 2.49. The van der Waals surface area contributed by atoms with Gasteiger partial charge in [0.1, 0.15) is 0 Å². The van der Waals surface area contributed by atoms with E-state index >= 15 is 0 Å². The van der Waals surface area contributed by atoms with Gasteiger partial charge in [0.25, 0.3) is 0 Å². The van der Waals surface area contributed by atoms with Crippen molar-refractivity contribution in [3.63, 3.8) is 0 Å². The van der Waals surface area contributed by atoms with E-state index < -0.39 is 6.10 Å². The van der Waals surface area contributed by atoms with E-state index in [0.29, 0.717) is 13.2 Å². The molecule has 0 saturated carbocycles. The standard InChI is InChI=1S/C14H14O.C3H8O2/c1-3-7-13(8-4-1)11-15-12-14-9-5-2-6-10-14;1-3(5)2-4/h1-10H,11-12H2;3-5H,2H2,1H3. The summed E-state index contributed by atoms with van der Waals surface area (Å²) in [4.78, 5) is 0. The van der Waals surface area contributed by atoms with Crippen molar-refractivity contribution < 1.29 is 14.9 Å². The van der Waals surface area contributed by atoms with Gasteiger partial charge in [-0.2, -0.15) is 0 Å². The molecule has 1 atom stereocenters. The van der Waals surface area contributed by atoms with Crippen LogP contribution in [-0.2, 0) is 18.0 Å². The number of hydrogen-bond acceptors (Lipinski definition) is 3. The Balaban J connectivity index is 0.000000347. The van der Waals surface area contributed by atoms with Crippen LogP contribution in [0.25, 0.3) is 0 Å². The summed E-state index contributed by atoms with van der Waals surface area (Å²) in [7, 11) is 0. The predicted octanol–water partition coefficient (Wildman–Crippen LogP) is 2.76. The summed E-state index contributed by atoms with van der Waals surface area (Å²) in [5, 5.41) is 16.0. The first-order valence-electron chi connectivity index (χ1n) is 6.67. The zero-order valence-corrected chi connectivity index (χ0v) is 11.8. The molecule has 3 heteroatoms. The van der Waals surface area contributed by atoms with Crippen LogP contribution < -0.4 is 0 Å². The van der Waals surface area contributed by atoms with Crippen LogP contribution in [0.4, 0.5) is 0 Å². The van der Waals surface area contributed by atoms with E-state index in [2.05, 4.69) is 24.3 Å². The van der Waals surface area contributed by atoms with Gasteiger partial charge in [0, 0.05) is 0 Å². The summed E-state index contributed by atoms with van der Waals surface area (Å²) in [5.41, 5.74) is 2.43. The number of aliphatic hydroxyl groups excluding tert-OH is 2. The van der Waals surface area contributed by atoms with Crippen LogP contribution in [0.3, 0.4) is 0 Å². The Bertz CT molecular complexity index is 401. The Morgan fingerprint density at radius 1 is 0.850 bits per heavy atom. The Hall–Kier alpha value is -1.68. The number of rotatable bonds is 5. The number of aliphatic hydroxyl groups is 2. The summed E-state index contributed by atoms with van der Waals surface area (Å²) in [6, 6.07) is 20.4. The molecule has 2 N–H and O–H groups in total. The van der Waals surface area contributed by atoms with Crippen LogP contribution in [-0.4, -0.2) is 22.9 Å².